The van der Waals surface area contributed by atoms with Crippen LogP contribution in [0, 0.1) is 0 Å². The second-order valence-electron chi connectivity index (χ2n) is 10.2. The van der Waals surface area contributed by atoms with Gasteiger partial charge in [-0.05, 0) is 65.2 Å². The van der Waals surface area contributed by atoms with E-state index in [-0.39, 0.29) is 35.4 Å². The molecule has 6 N–H and O–H groups in total. The van der Waals surface area contributed by atoms with Gasteiger partial charge in [0.2, 0.25) is 0 Å². The molecule has 13 nitrogen and oxygen atoms in total. The van der Waals surface area contributed by atoms with Crippen LogP contribution in [-0.4, -0.2) is 86.5 Å². The second kappa shape index (κ2) is 13.7. The van der Waals surface area contributed by atoms with Crippen molar-refractivity contribution >= 4 is 24.1 Å². The number of hydrogen-bond donors (Lipinski definition) is 6. The van der Waals surface area contributed by atoms with Gasteiger partial charge in [0.1, 0.15) is 36.8 Å². The van der Waals surface area contributed by atoms with Gasteiger partial charge in [-0.2, -0.15) is 0 Å². The van der Waals surface area contributed by atoms with Crippen molar-refractivity contribution in [1.29, 1.82) is 0 Å². The van der Waals surface area contributed by atoms with Crippen LogP contribution in [0.3, 0.4) is 0 Å². The molecule has 0 saturated carbocycles. The molecule has 0 radical (unpaired) electrons. The number of carbonyl (C=O) groups is 2. The van der Waals surface area contributed by atoms with Crippen LogP contribution in [-0.2, 0) is 33.3 Å². The zero-order chi connectivity index (χ0) is 32.1. The van der Waals surface area contributed by atoms with Gasteiger partial charge in [0.25, 0.3) is 0 Å². The highest BCUT2D eigenvalue weighted by Crippen LogP contribution is 2.37. The fourth-order valence-corrected chi connectivity index (χ4v) is 4.72. The van der Waals surface area contributed by atoms with E-state index in [1.165, 1.54) is 60.7 Å². The summed E-state index contributed by atoms with van der Waals surface area (Å²) in [7, 11) is 0. The van der Waals surface area contributed by atoms with Gasteiger partial charge in [0, 0.05) is 12.2 Å². The molecule has 0 spiro atoms. The Hall–Kier alpha value is -5.08. The van der Waals surface area contributed by atoms with Gasteiger partial charge in [-0.25, -0.2) is 9.59 Å². The number of fused-ring (bicyclic) bond motifs is 1. The topological polar surface area (TPSA) is 202 Å². The monoisotopic (exact) mass is 622 g/mol. The lowest BCUT2D eigenvalue weighted by atomic mass is 9.97. The van der Waals surface area contributed by atoms with Crippen molar-refractivity contribution in [2.24, 2.45) is 0 Å². The van der Waals surface area contributed by atoms with E-state index >= 15 is 0 Å². The zero-order valence-corrected chi connectivity index (χ0v) is 23.5. The number of aliphatic hydroxyl groups excluding tert-OH is 1. The van der Waals surface area contributed by atoms with Gasteiger partial charge in [-0.3, -0.25) is 0 Å². The van der Waals surface area contributed by atoms with Crippen LogP contribution >= 0.6 is 0 Å². The van der Waals surface area contributed by atoms with E-state index in [0.29, 0.717) is 16.7 Å². The molecule has 5 rings (SSSR count). The molecule has 2 aliphatic heterocycles. The first-order valence-electron chi connectivity index (χ1n) is 13.7. The molecule has 0 aliphatic carbocycles. The van der Waals surface area contributed by atoms with E-state index in [0.717, 1.165) is 12.2 Å². The quantitative estimate of drug-likeness (QED) is 0.122. The standard InChI is InChI=1S/C32H30O13/c33-20-7-1-17(2-8-20)4-11-27(38)41-16-26-30(45-28(39)12-5-18-3-9-21(34)23(36)13-18)29(40)31-32(44-26)42-15-25(43-31)19-6-10-22(35)24(37)14-19/h1-14,25-26,29-37,40H,15-16H2. The van der Waals surface area contributed by atoms with Gasteiger partial charge < -0.3 is 54.3 Å². The SMILES string of the molecule is O=C(C=Cc1ccc(O)cc1)OCC1OC2OCC(c3ccc(O)c(O)c3)OC2C(O)C1OC(=O)C=Cc1ccc(O)c(O)c1. The Morgan fingerprint density at radius 3 is 2.13 bits per heavy atom. The highest BCUT2D eigenvalue weighted by Gasteiger charge is 2.51. The van der Waals surface area contributed by atoms with Gasteiger partial charge in [0.15, 0.2) is 35.4 Å². The van der Waals surface area contributed by atoms with Crippen molar-refractivity contribution < 1.29 is 63.9 Å². The normalized spacial score (nSPS) is 24.7. The molecule has 236 valence electrons. The molecule has 2 saturated heterocycles. The number of rotatable bonds is 8. The maximum atomic E-state index is 12.8. The molecule has 0 bridgehead atoms. The number of phenols is 5. The summed E-state index contributed by atoms with van der Waals surface area (Å²) in [5, 5.41) is 59.5. The lowest BCUT2D eigenvalue weighted by Crippen LogP contribution is -2.63. The van der Waals surface area contributed by atoms with Crippen molar-refractivity contribution in [1.82, 2.24) is 0 Å². The van der Waals surface area contributed by atoms with Crippen molar-refractivity contribution in [2.45, 2.75) is 36.8 Å². The number of benzene rings is 3. The summed E-state index contributed by atoms with van der Waals surface area (Å²) in [5.74, 6) is -3.02. The van der Waals surface area contributed by atoms with Gasteiger partial charge in [0.05, 0.1) is 6.61 Å². The van der Waals surface area contributed by atoms with Crippen LogP contribution in [0.15, 0.2) is 72.8 Å². The van der Waals surface area contributed by atoms with Crippen LogP contribution in [0.4, 0.5) is 0 Å². The minimum atomic E-state index is -1.52. The lowest BCUT2D eigenvalue weighted by molar-refractivity contribution is -0.350. The third kappa shape index (κ3) is 7.72. The lowest BCUT2D eigenvalue weighted by Gasteiger charge is -2.47. The van der Waals surface area contributed by atoms with E-state index in [1.807, 2.05) is 0 Å². The fraction of sp³-hybridized carbons (Fsp3) is 0.250. The van der Waals surface area contributed by atoms with Crippen LogP contribution in [0.25, 0.3) is 12.2 Å². The molecule has 2 aliphatic rings. The average molecular weight is 623 g/mol. The first-order chi connectivity index (χ1) is 21.6. The first-order valence-corrected chi connectivity index (χ1v) is 13.7. The van der Waals surface area contributed by atoms with Crippen LogP contribution in [0.5, 0.6) is 28.7 Å². The van der Waals surface area contributed by atoms with Gasteiger partial charge in [-0.1, -0.05) is 24.3 Å². The minimum Gasteiger partial charge on any atom is -0.508 e. The summed E-state index contributed by atoms with van der Waals surface area (Å²) in [6.07, 6.45) is -2.22. The summed E-state index contributed by atoms with van der Waals surface area (Å²) < 4.78 is 28.6. The second-order valence-corrected chi connectivity index (χ2v) is 10.2. The number of esters is 2. The Labute approximate surface area is 256 Å². The van der Waals surface area contributed by atoms with Gasteiger partial charge >= 0.3 is 11.9 Å². The fourth-order valence-electron chi connectivity index (χ4n) is 4.72. The maximum Gasteiger partial charge on any atom is 0.331 e. The number of phenolic OH excluding ortho intramolecular Hbond substituents is 5. The molecule has 2 fully saturated rings. The predicted octanol–water partition coefficient (Wildman–Crippen LogP) is 2.64. The van der Waals surface area contributed by atoms with Crippen molar-refractivity contribution in [3.8, 4) is 28.7 Å². The average Bonchev–Trinajstić information content (AvgIpc) is 3.03. The van der Waals surface area contributed by atoms with E-state index in [2.05, 4.69) is 0 Å². The Kier molecular flexibility index (Phi) is 9.54. The molecular weight excluding hydrogens is 592 g/mol. The van der Waals surface area contributed by atoms with Crippen LogP contribution in [0.1, 0.15) is 22.8 Å². The molecule has 6 unspecified atom stereocenters. The number of carbonyl (C=O) groups excluding carboxylic acids is 2. The first kappa shape index (κ1) is 31.3. The smallest absolute Gasteiger partial charge is 0.331 e. The van der Waals surface area contributed by atoms with E-state index in [9.17, 15) is 40.2 Å². The Balaban J connectivity index is 1.30. The van der Waals surface area contributed by atoms with Gasteiger partial charge in [-0.15, -0.1) is 0 Å². The third-order valence-electron chi connectivity index (χ3n) is 7.08. The summed E-state index contributed by atoms with van der Waals surface area (Å²) in [5.41, 5.74) is 1.44. The summed E-state index contributed by atoms with van der Waals surface area (Å²) >= 11 is 0. The number of aliphatic hydroxyl groups is 1. The predicted molar refractivity (Wildman–Crippen MR) is 155 cm³/mol. The molecule has 3 aromatic rings. The maximum absolute atomic E-state index is 12.8. The summed E-state index contributed by atoms with van der Waals surface area (Å²) in [6.45, 7) is -0.488. The van der Waals surface area contributed by atoms with Crippen molar-refractivity contribution in [2.75, 3.05) is 13.2 Å². The van der Waals surface area contributed by atoms with E-state index in [4.69, 9.17) is 23.7 Å². The molecular formula is C32H30O13. The number of hydrogen-bond acceptors (Lipinski definition) is 13. The minimum absolute atomic E-state index is 0.0490. The Morgan fingerprint density at radius 1 is 0.778 bits per heavy atom. The van der Waals surface area contributed by atoms with Crippen molar-refractivity contribution in [3.05, 3.63) is 89.5 Å². The highest BCUT2D eigenvalue weighted by molar-refractivity contribution is 5.88. The molecule has 2 heterocycles. The molecule has 0 aromatic heterocycles. The molecule has 6 atom stereocenters. The molecule has 0 amide bonds. The van der Waals surface area contributed by atoms with Crippen molar-refractivity contribution in [3.63, 3.8) is 0 Å². The van der Waals surface area contributed by atoms with Crippen LogP contribution in [0.2, 0.25) is 0 Å². The Morgan fingerprint density at radius 2 is 1.42 bits per heavy atom. The number of ether oxygens (including phenoxy) is 5. The van der Waals surface area contributed by atoms with E-state index < -0.39 is 55.4 Å². The zero-order valence-electron chi connectivity index (χ0n) is 23.5. The summed E-state index contributed by atoms with van der Waals surface area (Å²) in [6, 6.07) is 14.1. The highest BCUT2D eigenvalue weighted by atomic mass is 16.7. The number of aromatic hydroxyl groups is 5. The largest absolute Gasteiger partial charge is 0.508 e. The molecule has 3 aromatic carbocycles. The summed E-state index contributed by atoms with van der Waals surface area (Å²) in [4.78, 5) is 25.3. The molecule has 13 heteroatoms. The molecule has 45 heavy (non-hydrogen) atoms. The van der Waals surface area contributed by atoms with E-state index in [1.54, 1.807) is 12.1 Å². The third-order valence-corrected chi connectivity index (χ3v) is 7.08. The van der Waals surface area contributed by atoms with Crippen LogP contribution < -0.4 is 0 Å². The Bertz CT molecular complexity index is 1580.